The van der Waals surface area contributed by atoms with E-state index in [-0.39, 0.29) is 6.04 Å². The lowest BCUT2D eigenvalue weighted by Gasteiger charge is -2.29. The van der Waals surface area contributed by atoms with Crippen molar-refractivity contribution >= 4 is 23.6 Å². The van der Waals surface area contributed by atoms with Gasteiger partial charge in [0.05, 0.1) is 0 Å². The maximum Gasteiger partial charge on any atom is 0.152 e. The van der Waals surface area contributed by atoms with E-state index in [9.17, 15) is 4.79 Å². The normalized spacial score (nSPS) is 10.2. The van der Waals surface area contributed by atoms with Crippen LogP contribution in [-0.2, 0) is 0 Å². The Labute approximate surface area is 102 Å². The molecule has 86 valence electrons. The van der Waals surface area contributed by atoms with Crippen LogP contribution in [0.2, 0.25) is 5.02 Å². The molecule has 0 fully saturated rings. The van der Waals surface area contributed by atoms with Crippen molar-refractivity contribution in [2.75, 3.05) is 11.4 Å². The van der Waals surface area contributed by atoms with E-state index in [1.54, 1.807) is 12.1 Å². The van der Waals surface area contributed by atoms with Crippen molar-refractivity contribution in [2.24, 2.45) is 0 Å². The Morgan fingerprint density at radius 2 is 2.19 bits per heavy atom. The van der Waals surface area contributed by atoms with Gasteiger partial charge in [-0.05, 0) is 32.0 Å². The Morgan fingerprint density at radius 3 is 2.69 bits per heavy atom. The van der Waals surface area contributed by atoms with Crippen molar-refractivity contribution in [3.63, 3.8) is 0 Å². The average molecular weight is 238 g/mol. The van der Waals surface area contributed by atoms with E-state index >= 15 is 0 Å². The lowest BCUT2D eigenvalue weighted by Crippen LogP contribution is -2.31. The van der Waals surface area contributed by atoms with Gasteiger partial charge in [-0.3, -0.25) is 4.79 Å². The predicted octanol–water partition coefficient (Wildman–Crippen LogP) is 3.55. The van der Waals surface area contributed by atoms with Crippen LogP contribution < -0.4 is 4.90 Å². The molecule has 0 aromatic heterocycles. The highest BCUT2D eigenvalue weighted by Gasteiger charge is 2.13. The van der Waals surface area contributed by atoms with Gasteiger partial charge in [-0.2, -0.15) is 0 Å². The third-order valence-corrected chi connectivity index (χ3v) is 2.61. The molecule has 0 aliphatic carbocycles. The number of carbonyl (C=O) groups is 1. The van der Waals surface area contributed by atoms with Crippen molar-refractivity contribution in [3.8, 4) is 0 Å². The third-order valence-electron chi connectivity index (χ3n) is 2.38. The second-order valence-electron chi connectivity index (χ2n) is 3.86. The fourth-order valence-corrected chi connectivity index (χ4v) is 1.76. The van der Waals surface area contributed by atoms with Gasteiger partial charge in [0.25, 0.3) is 0 Å². The number of halogens is 1. The molecule has 0 atom stereocenters. The number of aldehydes is 1. The van der Waals surface area contributed by atoms with Gasteiger partial charge < -0.3 is 4.90 Å². The molecule has 0 saturated carbocycles. The fraction of sp³-hybridized carbons (Fsp3) is 0.308. The van der Waals surface area contributed by atoms with Crippen molar-refractivity contribution in [2.45, 2.75) is 19.9 Å². The molecule has 0 amide bonds. The predicted molar refractivity (Wildman–Crippen MR) is 69.5 cm³/mol. The highest BCUT2D eigenvalue weighted by atomic mass is 35.5. The van der Waals surface area contributed by atoms with Crippen LogP contribution in [-0.4, -0.2) is 18.9 Å². The number of hydrogen-bond donors (Lipinski definition) is 0. The van der Waals surface area contributed by atoms with E-state index in [2.05, 4.69) is 25.3 Å². The van der Waals surface area contributed by atoms with Gasteiger partial charge in [-0.15, -0.1) is 6.58 Å². The molecule has 1 aromatic carbocycles. The molecule has 0 aliphatic heterocycles. The maximum absolute atomic E-state index is 11.0. The summed E-state index contributed by atoms with van der Waals surface area (Å²) < 4.78 is 0. The molecule has 1 aromatic rings. The van der Waals surface area contributed by atoms with Gasteiger partial charge in [-0.25, -0.2) is 0 Å². The van der Waals surface area contributed by atoms with Crippen LogP contribution in [0.15, 0.2) is 30.9 Å². The minimum Gasteiger partial charge on any atom is -0.365 e. The van der Waals surface area contributed by atoms with Crippen LogP contribution in [0.3, 0.4) is 0 Å². The molecule has 3 heteroatoms. The molecular weight excluding hydrogens is 222 g/mol. The average Bonchev–Trinajstić information content (AvgIpc) is 2.25. The number of anilines is 1. The van der Waals surface area contributed by atoms with Gasteiger partial charge in [0.15, 0.2) is 6.29 Å². The summed E-state index contributed by atoms with van der Waals surface area (Å²) in [4.78, 5) is 13.1. The molecule has 0 N–H and O–H groups in total. The first-order chi connectivity index (χ1) is 7.60. The monoisotopic (exact) mass is 237 g/mol. The smallest absolute Gasteiger partial charge is 0.152 e. The molecule has 0 spiro atoms. The lowest BCUT2D eigenvalue weighted by atomic mass is 10.1. The molecule has 0 aliphatic rings. The largest absolute Gasteiger partial charge is 0.365 e. The van der Waals surface area contributed by atoms with Gasteiger partial charge >= 0.3 is 0 Å². The second kappa shape index (κ2) is 5.71. The van der Waals surface area contributed by atoms with Crippen LogP contribution in [0, 0.1) is 0 Å². The van der Waals surface area contributed by atoms with Gasteiger partial charge in [0, 0.05) is 28.9 Å². The van der Waals surface area contributed by atoms with E-state index in [4.69, 9.17) is 11.6 Å². The zero-order valence-electron chi connectivity index (χ0n) is 9.61. The molecule has 1 rings (SSSR count). The minimum absolute atomic E-state index is 0.287. The summed E-state index contributed by atoms with van der Waals surface area (Å²) in [6.45, 7) is 8.55. The lowest BCUT2D eigenvalue weighted by molar-refractivity contribution is 0.112. The molecule has 0 bridgehead atoms. The number of benzene rings is 1. The molecule has 0 saturated heterocycles. The first-order valence-corrected chi connectivity index (χ1v) is 5.60. The summed E-state index contributed by atoms with van der Waals surface area (Å²) in [5.41, 5.74) is 1.51. The summed E-state index contributed by atoms with van der Waals surface area (Å²) in [7, 11) is 0. The number of hydrogen-bond acceptors (Lipinski definition) is 2. The van der Waals surface area contributed by atoms with Gasteiger partial charge in [0.2, 0.25) is 0 Å². The highest BCUT2D eigenvalue weighted by molar-refractivity contribution is 6.31. The van der Waals surface area contributed by atoms with E-state index in [1.165, 1.54) is 0 Å². The molecule has 0 unspecified atom stereocenters. The van der Waals surface area contributed by atoms with Crippen molar-refractivity contribution in [1.29, 1.82) is 0 Å². The van der Waals surface area contributed by atoms with Crippen molar-refractivity contribution in [1.82, 2.24) is 0 Å². The van der Waals surface area contributed by atoms with Crippen LogP contribution in [0.1, 0.15) is 24.2 Å². The Balaban J connectivity index is 3.20. The van der Waals surface area contributed by atoms with Crippen LogP contribution in [0.25, 0.3) is 0 Å². The fourth-order valence-electron chi connectivity index (χ4n) is 1.59. The van der Waals surface area contributed by atoms with E-state index in [1.807, 2.05) is 12.1 Å². The third kappa shape index (κ3) is 2.86. The highest BCUT2D eigenvalue weighted by Crippen LogP contribution is 2.25. The summed E-state index contributed by atoms with van der Waals surface area (Å²) in [5, 5.41) is 0.635. The standard InChI is InChI=1S/C13H16ClNO/c1-4-7-15(10(2)3)13-8-12(14)6-5-11(13)9-16/h4-6,8-10H,1,7H2,2-3H3. The maximum atomic E-state index is 11.0. The topological polar surface area (TPSA) is 20.3 Å². The van der Waals surface area contributed by atoms with E-state index < -0.39 is 0 Å². The number of nitrogens with zero attached hydrogens (tertiary/aromatic N) is 1. The Bertz CT molecular complexity index is 388. The number of rotatable bonds is 5. The Hall–Kier alpha value is -1.28. The summed E-state index contributed by atoms with van der Waals surface area (Å²) in [6, 6.07) is 5.56. The summed E-state index contributed by atoms with van der Waals surface area (Å²) in [6.07, 6.45) is 2.67. The quantitative estimate of drug-likeness (QED) is 0.577. The minimum atomic E-state index is 0.287. The Morgan fingerprint density at radius 1 is 1.50 bits per heavy atom. The number of carbonyl (C=O) groups excluding carboxylic acids is 1. The Kier molecular flexibility index (Phi) is 4.56. The summed E-state index contributed by atoms with van der Waals surface area (Å²) in [5.74, 6) is 0. The SMILES string of the molecule is C=CCN(c1cc(Cl)ccc1C=O)C(C)C. The molecule has 0 heterocycles. The van der Waals surface area contributed by atoms with Crippen LogP contribution in [0.5, 0.6) is 0 Å². The van der Waals surface area contributed by atoms with Crippen molar-refractivity contribution < 1.29 is 4.79 Å². The van der Waals surface area contributed by atoms with Crippen LogP contribution >= 0.6 is 11.6 Å². The zero-order valence-corrected chi connectivity index (χ0v) is 10.4. The molecule has 16 heavy (non-hydrogen) atoms. The summed E-state index contributed by atoms with van der Waals surface area (Å²) >= 11 is 5.95. The van der Waals surface area contributed by atoms with Crippen LogP contribution in [0.4, 0.5) is 5.69 Å². The van der Waals surface area contributed by atoms with E-state index in [0.29, 0.717) is 17.1 Å². The second-order valence-corrected chi connectivity index (χ2v) is 4.29. The zero-order chi connectivity index (χ0) is 12.1. The molecule has 2 nitrogen and oxygen atoms in total. The first kappa shape index (κ1) is 12.8. The van der Waals surface area contributed by atoms with Gasteiger partial charge in [-0.1, -0.05) is 17.7 Å². The van der Waals surface area contributed by atoms with Crippen molar-refractivity contribution in [3.05, 3.63) is 41.4 Å². The van der Waals surface area contributed by atoms with E-state index in [0.717, 1.165) is 12.0 Å². The molecule has 0 radical (unpaired) electrons. The first-order valence-electron chi connectivity index (χ1n) is 5.22. The van der Waals surface area contributed by atoms with Gasteiger partial charge in [0.1, 0.15) is 0 Å². The molecular formula is C13H16ClNO.